The Kier molecular flexibility index (Phi) is 6.83. The van der Waals surface area contributed by atoms with Crippen LogP contribution in [0.4, 0.5) is 36.4 Å². The molecule has 0 aromatic heterocycles. The molecule has 3 heterocycles. The summed E-state index contributed by atoms with van der Waals surface area (Å²) >= 11 is 0. The SMILES string of the molecule is CN1C[C@@H]2[C@](O)(C1)[N+]2(C)C(=O)C[C@@H]1CCc2cc(C(O)(C(F)(F)F)C(F)(F)F)ccc2N1S(=O)(=O)c1ccc(F)cc1. The third-order valence-corrected chi connectivity index (χ3v) is 10.7. The number of likely N-dealkylation sites (N-methyl/N-ethyl adjacent to an activating group) is 2. The van der Waals surface area contributed by atoms with Crippen molar-refractivity contribution in [3.63, 3.8) is 0 Å². The molecule has 1 amide bonds. The Morgan fingerprint density at radius 2 is 1.67 bits per heavy atom. The number of halogens is 7. The minimum absolute atomic E-state index is 0.178. The molecule has 16 heteroatoms. The lowest BCUT2D eigenvalue weighted by Crippen LogP contribution is -2.54. The Labute approximate surface area is 236 Å². The fraction of sp³-hybridized carbons (Fsp3) is 0.500. The van der Waals surface area contributed by atoms with Crippen molar-refractivity contribution < 1.29 is 58.6 Å². The van der Waals surface area contributed by atoms with E-state index in [0.29, 0.717) is 18.7 Å². The number of sulfonamides is 1. The molecule has 8 nitrogen and oxygen atoms in total. The third kappa shape index (κ3) is 4.24. The first-order valence-corrected chi connectivity index (χ1v) is 14.2. The van der Waals surface area contributed by atoms with Gasteiger partial charge in [0.1, 0.15) is 5.82 Å². The van der Waals surface area contributed by atoms with Gasteiger partial charge in [0.25, 0.3) is 21.3 Å². The largest absolute Gasteiger partial charge is 0.430 e. The highest BCUT2D eigenvalue weighted by molar-refractivity contribution is 7.92. The molecule has 3 aliphatic rings. The van der Waals surface area contributed by atoms with E-state index in [-0.39, 0.29) is 35.1 Å². The van der Waals surface area contributed by atoms with Crippen LogP contribution in [0.15, 0.2) is 47.4 Å². The fourth-order valence-corrected chi connectivity index (χ4v) is 8.08. The number of β-amino-alcohol motifs (C(OH)–C–C–N with tert-alkyl or cyclic N) is 1. The smallest absolute Gasteiger partial charge is 0.369 e. The maximum Gasteiger partial charge on any atom is 0.430 e. The van der Waals surface area contributed by atoms with E-state index in [4.69, 9.17) is 0 Å². The van der Waals surface area contributed by atoms with E-state index in [1.807, 2.05) is 4.90 Å². The van der Waals surface area contributed by atoms with Crippen LogP contribution in [-0.2, 0) is 26.8 Å². The second-order valence-corrected chi connectivity index (χ2v) is 13.1. The second-order valence-electron chi connectivity index (χ2n) is 11.3. The van der Waals surface area contributed by atoms with Gasteiger partial charge in [-0.25, -0.2) is 22.1 Å². The standard InChI is InChI=1S/C26H27F7N3O5S/c1-34-13-21-23(38,14-34)36(21,2)22(37)12-18-7-3-15-11-16(24(39,25(28,29)30)26(31,32)33)4-10-20(15)35(18)42(40,41)19-8-5-17(27)6-9-19/h4-6,8-11,18,21,38-39H,3,7,12-14H2,1-2H3/q+1/t18-,21+,23+,36?/m0/s1. The highest BCUT2D eigenvalue weighted by atomic mass is 32.2. The number of fused-ring (bicyclic) bond motifs is 2. The molecule has 2 aromatic carbocycles. The van der Waals surface area contributed by atoms with Gasteiger partial charge in [0.2, 0.25) is 0 Å². The van der Waals surface area contributed by atoms with Gasteiger partial charge in [0.05, 0.1) is 43.2 Å². The predicted octanol–water partition coefficient (Wildman–Crippen LogP) is 3.03. The molecule has 2 aromatic rings. The maximum absolute atomic E-state index is 13.8. The van der Waals surface area contributed by atoms with Crippen molar-refractivity contribution in [3.05, 3.63) is 59.4 Å². The summed E-state index contributed by atoms with van der Waals surface area (Å²) in [6.07, 6.45) is -13.1. The van der Waals surface area contributed by atoms with E-state index in [1.54, 1.807) is 7.05 Å². The molecular formula is C26H27F7N3O5S+. The van der Waals surface area contributed by atoms with Crippen molar-refractivity contribution in [3.8, 4) is 0 Å². The molecule has 0 spiro atoms. The number of hydrogen-bond acceptors (Lipinski definition) is 6. The van der Waals surface area contributed by atoms with E-state index in [1.165, 1.54) is 7.05 Å². The minimum Gasteiger partial charge on any atom is -0.369 e. The Morgan fingerprint density at radius 3 is 2.19 bits per heavy atom. The second kappa shape index (κ2) is 9.35. The monoisotopic (exact) mass is 626 g/mol. The number of alkyl halides is 6. The highest BCUT2D eigenvalue weighted by Gasteiger charge is 2.83. The zero-order chi connectivity index (χ0) is 31.3. The molecule has 42 heavy (non-hydrogen) atoms. The topological polar surface area (TPSA) is 98.1 Å². The maximum atomic E-state index is 13.8. The first-order chi connectivity index (χ1) is 19.2. The number of amides is 1. The fourth-order valence-electron chi connectivity index (χ4n) is 6.36. The predicted molar refractivity (Wildman–Crippen MR) is 133 cm³/mol. The normalized spacial score (nSPS) is 28.4. The number of rotatable bonds is 5. The van der Waals surface area contributed by atoms with Crippen LogP contribution in [0.1, 0.15) is 24.0 Å². The summed E-state index contributed by atoms with van der Waals surface area (Å²) in [5.74, 6) is -1.25. The number of carbonyl (C=O) groups is 1. The zero-order valence-corrected chi connectivity index (χ0v) is 23.1. The number of anilines is 1. The molecule has 230 valence electrons. The van der Waals surface area contributed by atoms with Crippen LogP contribution in [0.25, 0.3) is 0 Å². The summed E-state index contributed by atoms with van der Waals surface area (Å²) in [5, 5.41) is 20.9. The van der Waals surface area contributed by atoms with Crippen LogP contribution in [0.5, 0.6) is 0 Å². The number of hydrogen-bond donors (Lipinski definition) is 2. The van der Waals surface area contributed by atoms with E-state index in [9.17, 15) is 54.2 Å². The van der Waals surface area contributed by atoms with Crippen molar-refractivity contribution in [2.24, 2.45) is 0 Å². The Bertz CT molecular complexity index is 1520. The quantitative estimate of drug-likeness (QED) is 0.301. The molecule has 0 aliphatic carbocycles. The summed E-state index contributed by atoms with van der Waals surface area (Å²) in [4.78, 5) is 14.9. The molecule has 2 N–H and O–H groups in total. The van der Waals surface area contributed by atoms with Gasteiger partial charge in [-0.2, -0.15) is 26.3 Å². The lowest BCUT2D eigenvalue weighted by molar-refractivity contribution is -0.765. The molecule has 3 aliphatic heterocycles. The average molecular weight is 627 g/mol. The van der Waals surface area contributed by atoms with E-state index in [0.717, 1.165) is 34.6 Å². The Hall–Kier alpha value is -2.79. The number of benzene rings is 2. The van der Waals surface area contributed by atoms with Gasteiger partial charge in [-0.1, -0.05) is 12.1 Å². The summed E-state index contributed by atoms with van der Waals surface area (Å²) in [5.41, 5.74) is -8.66. The number of nitrogens with zero attached hydrogens (tertiary/aromatic N) is 3. The van der Waals surface area contributed by atoms with Crippen molar-refractivity contribution in [2.75, 3.05) is 31.5 Å². The van der Waals surface area contributed by atoms with Crippen molar-refractivity contribution in [2.45, 2.75) is 59.9 Å². The van der Waals surface area contributed by atoms with Crippen LogP contribution in [0.3, 0.4) is 0 Å². The third-order valence-electron chi connectivity index (χ3n) is 8.81. The average Bonchev–Trinajstić information content (AvgIpc) is 3.14. The van der Waals surface area contributed by atoms with Crippen LogP contribution < -0.4 is 4.31 Å². The zero-order valence-electron chi connectivity index (χ0n) is 22.2. The number of likely N-dealkylation sites (tertiary alicyclic amines) is 1. The molecule has 0 bridgehead atoms. The Balaban J connectivity index is 1.57. The molecule has 0 saturated carbocycles. The summed E-state index contributed by atoms with van der Waals surface area (Å²) < 4.78 is 123. The van der Waals surface area contributed by atoms with Gasteiger partial charge < -0.3 is 10.2 Å². The number of aliphatic hydroxyl groups is 2. The van der Waals surface area contributed by atoms with Crippen molar-refractivity contribution in [1.29, 1.82) is 0 Å². The molecule has 4 atom stereocenters. The van der Waals surface area contributed by atoms with Crippen molar-refractivity contribution >= 4 is 21.6 Å². The number of carbonyl (C=O) groups excluding carboxylic acids is 1. The molecule has 5 rings (SSSR count). The van der Waals surface area contributed by atoms with Gasteiger partial charge in [0, 0.05) is 5.56 Å². The lowest BCUT2D eigenvalue weighted by Gasteiger charge is -2.39. The number of piperazine rings is 1. The molecular weight excluding hydrogens is 599 g/mol. The van der Waals surface area contributed by atoms with E-state index in [2.05, 4.69) is 0 Å². The molecule has 2 fully saturated rings. The van der Waals surface area contributed by atoms with Gasteiger partial charge in [-0.3, -0.25) is 9.21 Å². The van der Waals surface area contributed by atoms with Crippen LogP contribution in [0, 0.1) is 5.82 Å². The van der Waals surface area contributed by atoms with Crippen LogP contribution in [-0.4, -0.2) is 91.3 Å². The number of aryl methyl sites for hydroxylation is 1. The first-order valence-electron chi connectivity index (χ1n) is 12.8. The van der Waals surface area contributed by atoms with Crippen molar-refractivity contribution in [1.82, 2.24) is 4.90 Å². The first kappa shape index (κ1) is 30.7. The molecule has 2 saturated heterocycles. The summed E-state index contributed by atoms with van der Waals surface area (Å²) in [6.45, 7) is 0.614. The minimum atomic E-state index is -6.15. The van der Waals surface area contributed by atoms with E-state index < -0.39 is 74.4 Å². The Morgan fingerprint density at radius 1 is 1.07 bits per heavy atom. The van der Waals surface area contributed by atoms with Gasteiger partial charge >= 0.3 is 18.3 Å². The molecule has 1 unspecified atom stereocenters. The summed E-state index contributed by atoms with van der Waals surface area (Å²) in [6, 6.07) is 3.58. The van der Waals surface area contributed by atoms with Crippen LogP contribution in [0.2, 0.25) is 0 Å². The molecule has 0 radical (unpaired) electrons. The number of quaternary nitrogens is 1. The van der Waals surface area contributed by atoms with Gasteiger partial charge in [0.15, 0.2) is 6.04 Å². The summed E-state index contributed by atoms with van der Waals surface area (Å²) in [7, 11) is -1.34. The van der Waals surface area contributed by atoms with Gasteiger partial charge in [-0.15, -0.1) is 0 Å². The highest BCUT2D eigenvalue weighted by Crippen LogP contribution is 2.54. The van der Waals surface area contributed by atoms with E-state index >= 15 is 0 Å². The lowest BCUT2D eigenvalue weighted by atomic mass is 9.87. The van der Waals surface area contributed by atoms with Gasteiger partial charge in [-0.05, 0) is 55.8 Å². The van der Waals surface area contributed by atoms with Crippen LogP contribution >= 0.6 is 0 Å².